The number of hydrogen-bond acceptors (Lipinski definition) is 3. The second-order valence-corrected chi connectivity index (χ2v) is 15.7. The predicted octanol–water partition coefficient (Wildman–Crippen LogP) is 12.2. The van der Waals surface area contributed by atoms with Crippen molar-refractivity contribution in [2.24, 2.45) is 0 Å². The number of ether oxygens (including phenoxy) is 1. The third-order valence-electron chi connectivity index (χ3n) is 9.94. The van der Waals surface area contributed by atoms with Crippen LogP contribution in [-0.4, -0.2) is 19.3 Å². The Morgan fingerprint density at radius 3 is 2.12 bits per heavy atom. The van der Waals surface area contributed by atoms with Crippen molar-refractivity contribution in [3.8, 4) is 34.1 Å². The van der Waals surface area contributed by atoms with Gasteiger partial charge in [-0.1, -0.05) is 89.9 Å². The molecule has 0 aliphatic rings. The number of hydrogen-bond donors (Lipinski definition) is 0. The maximum Gasteiger partial charge on any atom is 2.00 e. The number of benzene rings is 4. The van der Waals surface area contributed by atoms with E-state index >= 15 is 0 Å². The van der Waals surface area contributed by atoms with Crippen molar-refractivity contribution in [3.63, 3.8) is 0 Å². The van der Waals surface area contributed by atoms with Crippen molar-refractivity contribution >= 4 is 21.8 Å². The number of nitrogens with zero attached hydrogens (tertiary/aromatic N) is 4. The molecular weight excluding hydrogens is 820 g/mol. The number of rotatable bonds is 7. The Morgan fingerprint density at radius 2 is 1.44 bits per heavy atom. The van der Waals surface area contributed by atoms with Gasteiger partial charge in [-0.15, -0.1) is 41.3 Å². The van der Waals surface area contributed by atoms with Gasteiger partial charge in [-0.05, 0) is 96.5 Å². The van der Waals surface area contributed by atoms with Crippen molar-refractivity contribution < 1.29 is 25.8 Å². The summed E-state index contributed by atoms with van der Waals surface area (Å²) in [5, 5.41) is 7.45. The van der Waals surface area contributed by atoms with Crippen molar-refractivity contribution in [2.75, 3.05) is 0 Å². The molecule has 7 aromatic rings. The van der Waals surface area contributed by atoms with Gasteiger partial charge in [0.05, 0.1) is 11.4 Å². The summed E-state index contributed by atoms with van der Waals surface area (Å²) >= 11 is 0. The van der Waals surface area contributed by atoms with Crippen molar-refractivity contribution in [2.45, 2.75) is 93.4 Å². The minimum absolute atomic E-state index is 0. The van der Waals surface area contributed by atoms with Crippen LogP contribution in [0.5, 0.6) is 11.5 Å². The van der Waals surface area contributed by atoms with Crippen LogP contribution in [0.4, 0.5) is 0 Å². The van der Waals surface area contributed by atoms with E-state index < -0.39 is 0 Å². The minimum Gasteiger partial charge on any atom is -0.509 e. The third-order valence-corrected chi connectivity index (χ3v) is 9.94. The molecule has 0 atom stereocenters. The van der Waals surface area contributed by atoms with E-state index in [4.69, 9.17) is 14.8 Å². The van der Waals surface area contributed by atoms with Gasteiger partial charge in [-0.25, -0.2) is 4.98 Å². The quantitative estimate of drug-likeness (QED) is 0.150. The first-order valence-electron chi connectivity index (χ1n) is 18.1. The van der Waals surface area contributed by atoms with Gasteiger partial charge in [0.2, 0.25) is 0 Å². The van der Waals surface area contributed by atoms with Crippen LogP contribution in [0.2, 0.25) is 0 Å². The largest absolute Gasteiger partial charge is 2.00 e. The molecule has 0 saturated carbocycles. The third kappa shape index (κ3) is 6.76. The summed E-state index contributed by atoms with van der Waals surface area (Å²) in [4.78, 5) is 4.82. The zero-order valence-electron chi connectivity index (χ0n) is 32.2. The molecule has 0 fully saturated rings. The van der Waals surface area contributed by atoms with E-state index in [1.165, 1.54) is 39.1 Å². The molecule has 3 heterocycles. The molecule has 0 bridgehead atoms. The summed E-state index contributed by atoms with van der Waals surface area (Å²) in [6, 6.07) is 33.0. The van der Waals surface area contributed by atoms with Gasteiger partial charge >= 0.3 is 21.1 Å². The Bertz CT molecular complexity index is 2420. The van der Waals surface area contributed by atoms with Crippen LogP contribution in [-0.2, 0) is 26.5 Å². The zero-order chi connectivity index (χ0) is 36.4. The monoisotopic (exact) mass is 867 g/mol. The number of para-hydroxylation sites is 1. The van der Waals surface area contributed by atoms with Crippen molar-refractivity contribution in [3.05, 3.63) is 130 Å². The molecule has 268 valence electrons. The summed E-state index contributed by atoms with van der Waals surface area (Å²) < 4.78 is 11.0. The van der Waals surface area contributed by atoms with E-state index in [1.807, 2.05) is 12.3 Å². The van der Waals surface area contributed by atoms with Gasteiger partial charge < -0.3 is 9.30 Å². The molecule has 6 heteroatoms. The number of pyridine rings is 1. The number of fused-ring (bicyclic) bond motifs is 3. The topological polar surface area (TPSA) is 44.9 Å². The first kappa shape index (κ1) is 37.3. The molecule has 5 nitrogen and oxygen atoms in total. The molecule has 0 spiro atoms. The second-order valence-electron chi connectivity index (χ2n) is 15.7. The zero-order valence-corrected chi connectivity index (χ0v) is 34.4. The predicted molar refractivity (Wildman–Crippen MR) is 211 cm³/mol. The molecule has 0 saturated heterocycles. The van der Waals surface area contributed by atoms with Crippen LogP contribution in [0.25, 0.3) is 44.4 Å². The molecule has 0 N–H and O–H groups in total. The molecule has 0 aliphatic heterocycles. The smallest absolute Gasteiger partial charge is 0.509 e. The van der Waals surface area contributed by atoms with Crippen LogP contribution in [0.3, 0.4) is 0 Å². The Hall–Kier alpha value is -4.47. The van der Waals surface area contributed by atoms with E-state index in [9.17, 15) is 0 Å². The average molecular weight is 868 g/mol. The van der Waals surface area contributed by atoms with Gasteiger partial charge in [0.15, 0.2) is 0 Å². The number of aromatic nitrogens is 4. The van der Waals surface area contributed by atoms with Crippen molar-refractivity contribution in [1.29, 1.82) is 0 Å². The molecule has 0 unspecified atom stereocenters. The summed E-state index contributed by atoms with van der Waals surface area (Å²) in [6.07, 6.45) is 1.90. The van der Waals surface area contributed by atoms with Crippen LogP contribution in [0.1, 0.15) is 99.5 Å². The fourth-order valence-corrected chi connectivity index (χ4v) is 7.48. The SMILES string of the molecule is Cc1cc(C)c(-c2c(C)nn(-c3[c-]c(Oc4[c-]c5c(cc4)c4ccccc4n5-c4cc(C(C)C)ccn4)cc(C(C)(C)C)c3)c2C(C)C)c(C)c1.[Pt+2]. The second kappa shape index (κ2) is 14.2. The summed E-state index contributed by atoms with van der Waals surface area (Å²) in [7, 11) is 0. The van der Waals surface area contributed by atoms with Gasteiger partial charge in [-0.3, -0.25) is 4.68 Å². The normalized spacial score (nSPS) is 11.9. The Morgan fingerprint density at radius 1 is 0.731 bits per heavy atom. The van der Waals surface area contributed by atoms with E-state index in [1.54, 1.807) is 0 Å². The minimum atomic E-state index is -0.137. The maximum absolute atomic E-state index is 6.72. The van der Waals surface area contributed by atoms with E-state index in [0.717, 1.165) is 44.6 Å². The van der Waals surface area contributed by atoms with Crippen LogP contribution in [0, 0.1) is 39.8 Å². The van der Waals surface area contributed by atoms with Gasteiger partial charge in [0.1, 0.15) is 5.82 Å². The van der Waals surface area contributed by atoms with E-state index in [2.05, 4.69) is 164 Å². The summed E-state index contributed by atoms with van der Waals surface area (Å²) in [6.45, 7) is 24.3. The first-order chi connectivity index (χ1) is 24.2. The molecular formula is C46H48N4OPt. The molecule has 0 radical (unpaired) electrons. The summed E-state index contributed by atoms with van der Waals surface area (Å²) in [5.41, 5.74) is 13.6. The van der Waals surface area contributed by atoms with Gasteiger partial charge in [0.25, 0.3) is 0 Å². The van der Waals surface area contributed by atoms with E-state index in [0.29, 0.717) is 17.4 Å². The van der Waals surface area contributed by atoms with Gasteiger partial charge in [-0.2, -0.15) is 11.2 Å². The molecule has 0 aliphatic carbocycles. The Balaban J connectivity index is 0.00000464. The average Bonchev–Trinajstić information content (AvgIpc) is 3.58. The Kier molecular flexibility index (Phi) is 10.2. The van der Waals surface area contributed by atoms with Crippen LogP contribution in [0.15, 0.2) is 79.0 Å². The van der Waals surface area contributed by atoms with E-state index in [-0.39, 0.29) is 32.4 Å². The fraction of sp³-hybridized carbons (Fsp3) is 0.304. The molecule has 52 heavy (non-hydrogen) atoms. The van der Waals surface area contributed by atoms with Crippen LogP contribution < -0.4 is 4.74 Å². The van der Waals surface area contributed by atoms with Gasteiger partial charge in [0, 0.05) is 28.8 Å². The summed E-state index contributed by atoms with van der Waals surface area (Å²) in [5.74, 6) is 2.72. The molecule has 0 amide bonds. The Labute approximate surface area is 323 Å². The molecule has 3 aromatic heterocycles. The molecule has 4 aromatic carbocycles. The van der Waals surface area contributed by atoms with Crippen molar-refractivity contribution in [1.82, 2.24) is 19.3 Å². The first-order valence-corrected chi connectivity index (χ1v) is 18.1. The van der Waals surface area contributed by atoms with Crippen LogP contribution >= 0.6 is 0 Å². The molecule has 7 rings (SSSR count). The fourth-order valence-electron chi connectivity index (χ4n) is 7.48. The maximum atomic E-state index is 6.72. The standard InChI is InChI=1S/C46H48N4O.Pt/c1-27(2)33-18-19-47-42(22-33)49-40-15-13-12-14-38(40)39-17-16-36(26-41(39)49)51-37-24-34(46(9,10)11)23-35(25-37)50-45(28(3)4)44(32(8)48-50)43-30(6)20-29(5)21-31(43)7;/h12-24,27-28H,1-11H3;/q-2;+2. The number of aryl methyl sites for hydroxylation is 4.